The number of nitrogens with one attached hydrogen (secondary N) is 3. The fourth-order valence-electron chi connectivity index (χ4n) is 3.14. The third-order valence-electron chi connectivity index (χ3n) is 4.59. The maximum absolute atomic E-state index is 11.9. The molecule has 3 aromatic heterocycles. The maximum atomic E-state index is 11.9. The molecule has 0 spiro atoms. The van der Waals surface area contributed by atoms with E-state index in [1.165, 1.54) is 17.6 Å². The quantitative estimate of drug-likeness (QED) is 0.323. The molecule has 0 saturated carbocycles. The van der Waals surface area contributed by atoms with Gasteiger partial charge in [-0.15, -0.1) is 0 Å². The molecule has 1 amide bonds. The number of H-pyrrole nitrogens is 1. The predicted octanol–water partition coefficient (Wildman–Crippen LogP) is 4.43. The Balaban J connectivity index is 1.66. The molecule has 3 rings (SSSR count). The van der Waals surface area contributed by atoms with Gasteiger partial charge in [0.05, 0.1) is 22.3 Å². The first-order chi connectivity index (χ1) is 14.0. The summed E-state index contributed by atoms with van der Waals surface area (Å²) in [6.07, 6.45) is 6.51. The number of anilines is 3. The number of carbonyl (C=O) groups is 1. The van der Waals surface area contributed by atoms with Crippen molar-refractivity contribution in [2.24, 2.45) is 0 Å². The lowest BCUT2D eigenvalue weighted by molar-refractivity contribution is -0.127. The average molecular weight is 434 g/mol. The Hall–Kier alpha value is -2.65. The van der Waals surface area contributed by atoms with Crippen LogP contribution in [0.3, 0.4) is 0 Å². The van der Waals surface area contributed by atoms with Gasteiger partial charge < -0.3 is 20.5 Å². The second kappa shape index (κ2) is 9.71. The van der Waals surface area contributed by atoms with E-state index in [4.69, 9.17) is 11.6 Å². The van der Waals surface area contributed by atoms with Gasteiger partial charge >= 0.3 is 0 Å². The van der Waals surface area contributed by atoms with Gasteiger partial charge in [-0.1, -0.05) is 18.2 Å². The fraction of sp³-hybridized carbons (Fsp3) is 0.368. The van der Waals surface area contributed by atoms with Crippen molar-refractivity contribution in [1.29, 1.82) is 0 Å². The number of amides is 1. The maximum Gasteiger partial charge on any atom is 0.246 e. The molecule has 154 valence electrons. The SMILES string of the molecule is C=CC(=O)N(CC)[C@@H](C)CCCNc1nc(Nc2cnsc2)nc2[nH]cc(Cl)c12. The van der Waals surface area contributed by atoms with Gasteiger partial charge in [0, 0.05) is 30.7 Å². The van der Waals surface area contributed by atoms with Crippen LogP contribution < -0.4 is 10.6 Å². The molecule has 0 fully saturated rings. The number of hydrogen-bond donors (Lipinski definition) is 3. The van der Waals surface area contributed by atoms with Crippen LogP contribution in [0.1, 0.15) is 26.7 Å². The molecule has 0 aromatic carbocycles. The van der Waals surface area contributed by atoms with Gasteiger partial charge in [0.2, 0.25) is 11.9 Å². The van der Waals surface area contributed by atoms with Gasteiger partial charge in [-0.3, -0.25) is 4.79 Å². The highest BCUT2D eigenvalue weighted by Gasteiger charge is 2.16. The first-order valence-electron chi connectivity index (χ1n) is 9.41. The highest BCUT2D eigenvalue weighted by atomic mass is 35.5. The van der Waals surface area contributed by atoms with Crippen LogP contribution >= 0.6 is 23.1 Å². The zero-order valence-electron chi connectivity index (χ0n) is 16.4. The molecule has 0 aliphatic heterocycles. The highest BCUT2D eigenvalue weighted by Crippen LogP contribution is 2.30. The molecule has 8 nitrogen and oxygen atoms in total. The Morgan fingerprint density at radius 1 is 1.48 bits per heavy atom. The number of nitrogens with zero attached hydrogens (tertiary/aromatic N) is 4. The van der Waals surface area contributed by atoms with Crippen LogP contribution in [0.2, 0.25) is 5.02 Å². The van der Waals surface area contributed by atoms with E-state index < -0.39 is 0 Å². The monoisotopic (exact) mass is 433 g/mol. The Morgan fingerprint density at radius 2 is 2.31 bits per heavy atom. The van der Waals surface area contributed by atoms with Crippen LogP contribution in [0.25, 0.3) is 11.0 Å². The minimum atomic E-state index is -0.0387. The van der Waals surface area contributed by atoms with Crippen molar-refractivity contribution in [3.8, 4) is 0 Å². The molecule has 3 heterocycles. The molecule has 0 aliphatic rings. The summed E-state index contributed by atoms with van der Waals surface area (Å²) >= 11 is 7.66. The minimum absolute atomic E-state index is 0.0387. The summed E-state index contributed by atoms with van der Waals surface area (Å²) in [6.45, 7) is 8.95. The molecule has 1 atom stereocenters. The second-order valence-electron chi connectivity index (χ2n) is 6.54. The van der Waals surface area contributed by atoms with Gasteiger partial charge in [-0.25, -0.2) is 0 Å². The van der Waals surface area contributed by atoms with Crippen molar-refractivity contribution in [2.45, 2.75) is 32.7 Å². The van der Waals surface area contributed by atoms with Crippen molar-refractivity contribution in [3.63, 3.8) is 0 Å². The lowest BCUT2D eigenvalue weighted by Crippen LogP contribution is -2.37. The number of aromatic amines is 1. The fourth-order valence-corrected chi connectivity index (χ4v) is 3.84. The lowest BCUT2D eigenvalue weighted by atomic mass is 10.1. The summed E-state index contributed by atoms with van der Waals surface area (Å²) in [6, 6.07) is 0.136. The van der Waals surface area contributed by atoms with Gasteiger partial charge in [0.25, 0.3) is 0 Å². The summed E-state index contributed by atoms with van der Waals surface area (Å²) in [5, 5.41) is 9.70. The molecule has 10 heteroatoms. The number of hydrogen-bond acceptors (Lipinski definition) is 7. The summed E-state index contributed by atoms with van der Waals surface area (Å²) < 4.78 is 4.07. The van der Waals surface area contributed by atoms with E-state index in [1.54, 1.807) is 12.4 Å². The summed E-state index contributed by atoms with van der Waals surface area (Å²) in [5.41, 5.74) is 1.48. The molecule has 0 unspecified atom stereocenters. The number of aromatic nitrogens is 4. The Morgan fingerprint density at radius 3 is 3.00 bits per heavy atom. The van der Waals surface area contributed by atoms with Crippen LogP contribution in [0.5, 0.6) is 0 Å². The van der Waals surface area contributed by atoms with E-state index >= 15 is 0 Å². The van der Waals surface area contributed by atoms with Gasteiger partial charge in [-0.05, 0) is 44.3 Å². The predicted molar refractivity (Wildman–Crippen MR) is 119 cm³/mol. The van der Waals surface area contributed by atoms with Gasteiger partial charge in [-0.2, -0.15) is 14.3 Å². The number of fused-ring (bicyclic) bond motifs is 1. The van der Waals surface area contributed by atoms with Crippen LogP contribution in [0.4, 0.5) is 17.5 Å². The third-order valence-corrected chi connectivity index (χ3v) is 5.48. The molecule has 3 aromatic rings. The second-order valence-corrected chi connectivity index (χ2v) is 7.61. The number of rotatable bonds is 10. The van der Waals surface area contributed by atoms with E-state index in [1.807, 2.05) is 24.1 Å². The first-order valence-corrected chi connectivity index (χ1v) is 10.6. The standard InChI is InChI=1S/C19H24ClN7OS/c1-4-15(28)27(5-2)12(3)7-6-8-21-17-16-14(20)10-22-18(16)26-19(25-17)24-13-9-23-29-11-13/h4,9-12H,1,5-8H2,2-3H3,(H3,21,22,24,25,26)/t12-/m0/s1. The summed E-state index contributed by atoms with van der Waals surface area (Å²) in [5.74, 6) is 1.08. The first kappa shape index (κ1) is 21.1. The Labute approximate surface area is 178 Å². The summed E-state index contributed by atoms with van der Waals surface area (Å²) in [4.78, 5) is 25.8. The normalized spacial score (nSPS) is 12.0. The van der Waals surface area contributed by atoms with Crippen molar-refractivity contribution in [3.05, 3.63) is 35.5 Å². The summed E-state index contributed by atoms with van der Waals surface area (Å²) in [7, 11) is 0. The van der Waals surface area contributed by atoms with Crippen LogP contribution in [0, 0.1) is 0 Å². The van der Waals surface area contributed by atoms with E-state index in [0.29, 0.717) is 35.5 Å². The zero-order chi connectivity index (χ0) is 20.8. The molecule has 0 saturated heterocycles. The van der Waals surface area contributed by atoms with Crippen molar-refractivity contribution >= 4 is 57.5 Å². The van der Waals surface area contributed by atoms with Crippen molar-refractivity contribution in [1.82, 2.24) is 24.2 Å². The zero-order valence-corrected chi connectivity index (χ0v) is 18.0. The van der Waals surface area contributed by atoms with Crippen molar-refractivity contribution in [2.75, 3.05) is 23.7 Å². The van der Waals surface area contributed by atoms with E-state index in [-0.39, 0.29) is 11.9 Å². The third kappa shape index (κ3) is 5.04. The van der Waals surface area contributed by atoms with Gasteiger partial charge in [0.1, 0.15) is 11.5 Å². The molecule has 0 bridgehead atoms. The number of halogens is 1. The van der Waals surface area contributed by atoms with E-state index in [9.17, 15) is 4.79 Å². The van der Waals surface area contributed by atoms with E-state index in [0.717, 1.165) is 23.9 Å². The van der Waals surface area contributed by atoms with Crippen molar-refractivity contribution < 1.29 is 4.79 Å². The van der Waals surface area contributed by atoms with Crippen LogP contribution in [-0.2, 0) is 4.79 Å². The molecular weight excluding hydrogens is 410 g/mol. The molecular formula is C19H24ClN7OS. The van der Waals surface area contributed by atoms with Gasteiger partial charge in [0.15, 0.2) is 0 Å². The molecule has 0 aliphatic carbocycles. The average Bonchev–Trinajstić information content (AvgIpc) is 3.35. The Kier molecular flexibility index (Phi) is 7.05. The number of carbonyl (C=O) groups excluding carboxylic acids is 1. The molecule has 29 heavy (non-hydrogen) atoms. The molecule has 3 N–H and O–H groups in total. The van der Waals surface area contributed by atoms with Crippen LogP contribution in [0.15, 0.2) is 30.4 Å². The smallest absolute Gasteiger partial charge is 0.246 e. The Bertz CT molecular complexity index is 973. The highest BCUT2D eigenvalue weighted by molar-refractivity contribution is 7.04. The largest absolute Gasteiger partial charge is 0.369 e. The van der Waals surface area contributed by atoms with E-state index in [2.05, 4.69) is 36.5 Å². The van der Waals surface area contributed by atoms with Crippen LogP contribution in [-0.4, -0.2) is 49.3 Å². The lowest BCUT2D eigenvalue weighted by Gasteiger charge is -2.27. The molecule has 0 radical (unpaired) electrons. The minimum Gasteiger partial charge on any atom is -0.369 e. The number of likely N-dealkylation sites (N-methyl/N-ethyl adjacent to an activating group) is 1. The topological polar surface area (TPSA) is 98.8 Å².